The summed E-state index contributed by atoms with van der Waals surface area (Å²) in [6.07, 6.45) is 2.37. The number of rotatable bonds is 9. The van der Waals surface area contributed by atoms with E-state index in [1.807, 2.05) is 36.4 Å². The van der Waals surface area contributed by atoms with Crippen LogP contribution in [-0.2, 0) is 27.2 Å². The zero-order valence-electron chi connectivity index (χ0n) is 17.0. The van der Waals surface area contributed by atoms with Gasteiger partial charge in [-0.25, -0.2) is 13.2 Å². The minimum Gasteiger partial charge on any atom is -0.489 e. The number of carboxylic acid groups (broad SMARTS) is 1. The number of aliphatic carboxylic acids is 1. The fourth-order valence-electron chi connectivity index (χ4n) is 2.97. The van der Waals surface area contributed by atoms with Gasteiger partial charge in [-0.3, -0.25) is 4.31 Å². The third-order valence-electron chi connectivity index (χ3n) is 4.60. The van der Waals surface area contributed by atoms with Crippen molar-refractivity contribution in [2.75, 3.05) is 11.4 Å². The zero-order valence-corrected chi connectivity index (χ0v) is 17.8. The topological polar surface area (TPSA) is 83.9 Å². The molecule has 0 atom stereocenters. The van der Waals surface area contributed by atoms with Crippen LogP contribution >= 0.6 is 0 Å². The van der Waals surface area contributed by atoms with Gasteiger partial charge in [-0.1, -0.05) is 60.7 Å². The Morgan fingerprint density at radius 1 is 0.968 bits per heavy atom. The number of anilines is 1. The summed E-state index contributed by atoms with van der Waals surface area (Å²) in [5.41, 5.74) is 2.28. The summed E-state index contributed by atoms with van der Waals surface area (Å²) < 4.78 is 33.0. The SMILES string of the molecule is CN(c1cc(COc2ccccc2)ccc1C=CC(=O)O)S(=O)(=O)Cc1ccccc1. The molecule has 0 aliphatic heterocycles. The Morgan fingerprint density at radius 2 is 1.61 bits per heavy atom. The Hall–Kier alpha value is -3.58. The maximum Gasteiger partial charge on any atom is 0.328 e. The first-order chi connectivity index (χ1) is 14.8. The summed E-state index contributed by atoms with van der Waals surface area (Å²) in [7, 11) is -2.23. The molecular weight excluding hydrogens is 414 g/mol. The van der Waals surface area contributed by atoms with Gasteiger partial charge >= 0.3 is 5.97 Å². The molecule has 0 aliphatic rings. The molecule has 0 bridgehead atoms. The number of ether oxygens (including phenoxy) is 1. The van der Waals surface area contributed by atoms with Crippen molar-refractivity contribution in [3.05, 3.63) is 102 Å². The predicted molar refractivity (Wildman–Crippen MR) is 121 cm³/mol. The molecule has 160 valence electrons. The first-order valence-corrected chi connectivity index (χ1v) is 11.2. The lowest BCUT2D eigenvalue weighted by Crippen LogP contribution is -2.28. The van der Waals surface area contributed by atoms with Crippen molar-refractivity contribution < 1.29 is 23.1 Å². The molecule has 0 saturated heterocycles. The van der Waals surface area contributed by atoms with E-state index in [1.54, 1.807) is 42.5 Å². The van der Waals surface area contributed by atoms with Crippen LogP contribution in [0.5, 0.6) is 5.75 Å². The first kappa shape index (κ1) is 22.1. The molecule has 3 aromatic rings. The molecule has 0 spiro atoms. The summed E-state index contributed by atoms with van der Waals surface area (Å²) >= 11 is 0. The molecule has 0 saturated carbocycles. The quantitative estimate of drug-likeness (QED) is 0.504. The van der Waals surface area contributed by atoms with Crippen LogP contribution in [0.1, 0.15) is 16.7 Å². The van der Waals surface area contributed by atoms with Crippen molar-refractivity contribution in [3.8, 4) is 5.75 Å². The van der Waals surface area contributed by atoms with Gasteiger partial charge in [-0.15, -0.1) is 0 Å². The summed E-state index contributed by atoms with van der Waals surface area (Å²) in [6, 6.07) is 23.4. The lowest BCUT2D eigenvalue weighted by atomic mass is 10.1. The maximum atomic E-state index is 13.0. The van der Waals surface area contributed by atoms with Gasteiger partial charge in [0, 0.05) is 13.1 Å². The molecule has 3 aromatic carbocycles. The average Bonchev–Trinajstić information content (AvgIpc) is 2.77. The van der Waals surface area contributed by atoms with Crippen LogP contribution in [0, 0.1) is 0 Å². The molecule has 0 fully saturated rings. The van der Waals surface area contributed by atoms with Crippen LogP contribution in [0.15, 0.2) is 84.9 Å². The minimum atomic E-state index is -3.70. The molecule has 6 nitrogen and oxygen atoms in total. The second-order valence-electron chi connectivity index (χ2n) is 6.88. The molecule has 0 heterocycles. The molecule has 31 heavy (non-hydrogen) atoms. The third-order valence-corrected chi connectivity index (χ3v) is 6.33. The summed E-state index contributed by atoms with van der Waals surface area (Å²) in [4.78, 5) is 11.0. The number of carbonyl (C=O) groups is 1. The summed E-state index contributed by atoms with van der Waals surface area (Å²) in [5, 5.41) is 8.99. The highest BCUT2D eigenvalue weighted by atomic mass is 32.2. The molecule has 0 amide bonds. The third kappa shape index (κ3) is 6.20. The average molecular weight is 438 g/mol. The molecule has 3 rings (SSSR count). The van der Waals surface area contributed by atoms with E-state index in [2.05, 4.69) is 0 Å². The lowest BCUT2D eigenvalue weighted by molar-refractivity contribution is -0.131. The van der Waals surface area contributed by atoms with Crippen LogP contribution in [0.2, 0.25) is 0 Å². The highest BCUT2D eigenvalue weighted by molar-refractivity contribution is 7.92. The monoisotopic (exact) mass is 437 g/mol. The van der Waals surface area contributed by atoms with Crippen molar-refractivity contribution in [1.29, 1.82) is 0 Å². The normalized spacial score (nSPS) is 11.4. The van der Waals surface area contributed by atoms with Crippen molar-refractivity contribution in [2.24, 2.45) is 0 Å². The molecular formula is C24H23NO5S. The van der Waals surface area contributed by atoms with Gasteiger partial charge < -0.3 is 9.84 Å². The molecule has 7 heteroatoms. The van der Waals surface area contributed by atoms with Gasteiger partial charge in [-0.2, -0.15) is 0 Å². The van der Waals surface area contributed by atoms with Gasteiger partial charge in [0.2, 0.25) is 10.0 Å². The van der Waals surface area contributed by atoms with E-state index in [1.165, 1.54) is 17.4 Å². The van der Waals surface area contributed by atoms with E-state index in [-0.39, 0.29) is 12.4 Å². The van der Waals surface area contributed by atoms with Crippen LogP contribution in [-0.4, -0.2) is 26.5 Å². The van der Waals surface area contributed by atoms with Crippen molar-refractivity contribution in [2.45, 2.75) is 12.4 Å². The van der Waals surface area contributed by atoms with Crippen LogP contribution in [0.25, 0.3) is 6.08 Å². The van der Waals surface area contributed by atoms with Crippen molar-refractivity contribution in [1.82, 2.24) is 0 Å². The Bertz CT molecular complexity index is 1160. The Labute approximate surface area is 182 Å². The molecule has 1 N–H and O–H groups in total. The number of sulfonamides is 1. The predicted octanol–water partition coefficient (Wildman–Crippen LogP) is 4.33. The highest BCUT2D eigenvalue weighted by Gasteiger charge is 2.21. The van der Waals surface area contributed by atoms with E-state index < -0.39 is 16.0 Å². The highest BCUT2D eigenvalue weighted by Crippen LogP contribution is 2.27. The molecule has 0 radical (unpaired) electrons. The number of hydrogen-bond acceptors (Lipinski definition) is 4. The van der Waals surface area contributed by atoms with E-state index in [0.29, 0.717) is 22.6 Å². The van der Waals surface area contributed by atoms with E-state index in [9.17, 15) is 13.2 Å². The van der Waals surface area contributed by atoms with Gasteiger partial charge in [0.05, 0.1) is 11.4 Å². The second-order valence-corrected chi connectivity index (χ2v) is 8.88. The van der Waals surface area contributed by atoms with Crippen LogP contribution in [0.4, 0.5) is 5.69 Å². The molecule has 0 unspecified atom stereocenters. The Kier molecular flexibility index (Phi) is 7.10. The van der Waals surface area contributed by atoms with E-state index in [4.69, 9.17) is 9.84 Å². The van der Waals surface area contributed by atoms with Crippen LogP contribution < -0.4 is 9.04 Å². The van der Waals surface area contributed by atoms with Gasteiger partial charge in [0.25, 0.3) is 0 Å². The summed E-state index contributed by atoms with van der Waals surface area (Å²) in [5.74, 6) is -0.585. The van der Waals surface area contributed by atoms with Crippen molar-refractivity contribution >= 4 is 27.8 Å². The summed E-state index contributed by atoms with van der Waals surface area (Å²) in [6.45, 7) is 0.243. The molecule has 0 aromatic heterocycles. The van der Waals surface area contributed by atoms with Gasteiger partial charge in [-0.05, 0) is 41.0 Å². The Morgan fingerprint density at radius 3 is 2.26 bits per heavy atom. The minimum absolute atomic E-state index is 0.169. The van der Waals surface area contributed by atoms with Crippen molar-refractivity contribution in [3.63, 3.8) is 0 Å². The number of para-hydroxylation sites is 1. The number of nitrogens with zero attached hydrogens (tertiary/aromatic N) is 1. The largest absolute Gasteiger partial charge is 0.489 e. The standard InChI is InChI=1S/C24H23NO5S/c1-25(31(28,29)18-19-8-4-2-5-9-19)23-16-20(12-13-21(23)14-15-24(26)27)17-30-22-10-6-3-7-11-22/h2-16H,17-18H2,1H3,(H,26,27). The number of hydrogen-bond donors (Lipinski definition) is 1. The number of carboxylic acids is 1. The fourth-order valence-corrected chi connectivity index (χ4v) is 4.23. The molecule has 0 aliphatic carbocycles. The number of benzene rings is 3. The van der Waals surface area contributed by atoms with E-state index >= 15 is 0 Å². The van der Waals surface area contributed by atoms with Gasteiger partial charge in [0.1, 0.15) is 12.4 Å². The zero-order chi connectivity index (χ0) is 22.3. The maximum absolute atomic E-state index is 13.0. The van der Waals surface area contributed by atoms with E-state index in [0.717, 1.165) is 11.6 Å². The first-order valence-electron chi connectivity index (χ1n) is 9.57. The second kappa shape index (κ2) is 9.95. The Balaban J connectivity index is 1.91. The van der Waals surface area contributed by atoms with Gasteiger partial charge in [0.15, 0.2) is 0 Å². The van der Waals surface area contributed by atoms with Crippen LogP contribution in [0.3, 0.4) is 0 Å². The smallest absolute Gasteiger partial charge is 0.328 e. The fraction of sp³-hybridized carbons (Fsp3) is 0.125. The lowest BCUT2D eigenvalue weighted by Gasteiger charge is -2.22.